The summed E-state index contributed by atoms with van der Waals surface area (Å²) in [6, 6.07) is 6.28. The first-order valence-electron chi connectivity index (χ1n) is 17.9. The third kappa shape index (κ3) is 12.7. The van der Waals surface area contributed by atoms with Gasteiger partial charge in [0.05, 0.1) is 17.0 Å². The topological polar surface area (TPSA) is 281 Å². The fourth-order valence-corrected chi connectivity index (χ4v) is 7.88. The number of carbonyl (C=O) groups is 4. The second-order valence-corrected chi connectivity index (χ2v) is 15.5. The van der Waals surface area contributed by atoms with Crippen LogP contribution in [0.4, 0.5) is 5.95 Å². The fourth-order valence-electron chi connectivity index (χ4n) is 5.78. The minimum absolute atomic E-state index is 0.128. The van der Waals surface area contributed by atoms with E-state index in [9.17, 15) is 37.5 Å². The SMILES string of the molecule is Cc1cc(OCCCC(=O)NCCNC(=O)[C@@H](C)CSOOO)cc(C)c1S(=O)(=O)N[C@@H](CNC(=O)c1cn(C)c2cc(CNc3ncc[nH]3)ccc2c1=O)C(=O)O. The lowest BCUT2D eigenvalue weighted by atomic mass is 10.1. The number of nitrogens with zero attached hydrogens (tertiary/aromatic N) is 2. The lowest BCUT2D eigenvalue weighted by Gasteiger charge is -2.19. The van der Waals surface area contributed by atoms with E-state index in [1.807, 2.05) is 0 Å². The van der Waals surface area contributed by atoms with E-state index in [1.54, 1.807) is 49.1 Å². The average molecular weight is 847 g/mol. The third-order valence-electron chi connectivity index (χ3n) is 8.63. The van der Waals surface area contributed by atoms with Gasteiger partial charge in [0.2, 0.25) is 27.3 Å². The lowest BCUT2D eigenvalue weighted by molar-refractivity contribution is -0.432. The summed E-state index contributed by atoms with van der Waals surface area (Å²) in [7, 11) is -2.78. The summed E-state index contributed by atoms with van der Waals surface area (Å²) in [4.78, 5) is 69.7. The minimum Gasteiger partial charge on any atom is -0.494 e. The highest BCUT2D eigenvalue weighted by Gasteiger charge is 2.29. The molecule has 2 aromatic heterocycles. The molecule has 8 N–H and O–H groups in total. The van der Waals surface area contributed by atoms with Crippen molar-refractivity contribution >= 4 is 62.6 Å². The van der Waals surface area contributed by atoms with Crippen LogP contribution in [-0.2, 0) is 47.4 Å². The van der Waals surface area contributed by atoms with Crippen molar-refractivity contribution in [3.63, 3.8) is 0 Å². The molecule has 0 aliphatic rings. The van der Waals surface area contributed by atoms with Crippen LogP contribution in [0.15, 0.2) is 58.6 Å². The van der Waals surface area contributed by atoms with E-state index >= 15 is 0 Å². The molecular weight excluding hydrogens is 801 g/mol. The Morgan fingerprint density at radius 1 is 1.05 bits per heavy atom. The number of carboxylic acids is 1. The van der Waals surface area contributed by atoms with E-state index in [-0.39, 0.29) is 70.7 Å². The minimum atomic E-state index is -4.44. The second kappa shape index (κ2) is 21.3. The van der Waals surface area contributed by atoms with Crippen LogP contribution < -0.4 is 36.2 Å². The van der Waals surface area contributed by atoms with Crippen LogP contribution in [-0.4, -0.2) is 95.0 Å². The van der Waals surface area contributed by atoms with E-state index in [1.165, 1.54) is 32.2 Å². The summed E-state index contributed by atoms with van der Waals surface area (Å²) in [6.07, 6.45) is 5.08. The van der Waals surface area contributed by atoms with Crippen molar-refractivity contribution in [2.75, 3.05) is 37.3 Å². The van der Waals surface area contributed by atoms with Gasteiger partial charge in [0.25, 0.3) is 5.91 Å². The molecule has 4 aromatic rings. The zero-order valence-corrected chi connectivity index (χ0v) is 33.8. The Labute approximate surface area is 337 Å². The molecule has 314 valence electrons. The van der Waals surface area contributed by atoms with Crippen molar-refractivity contribution in [1.29, 1.82) is 0 Å². The molecule has 58 heavy (non-hydrogen) atoms. The van der Waals surface area contributed by atoms with Gasteiger partial charge >= 0.3 is 5.97 Å². The zero-order valence-electron chi connectivity index (χ0n) is 32.1. The monoisotopic (exact) mass is 846 g/mol. The van der Waals surface area contributed by atoms with Gasteiger partial charge in [0, 0.05) is 87.3 Å². The van der Waals surface area contributed by atoms with Gasteiger partial charge < -0.3 is 40.7 Å². The number of rotatable bonds is 23. The molecule has 0 saturated heterocycles. The third-order valence-corrected chi connectivity index (χ3v) is 11.2. The Balaban J connectivity index is 1.28. The second-order valence-electron chi connectivity index (χ2n) is 13.2. The number of sulfonamides is 1. The number of aromatic nitrogens is 3. The van der Waals surface area contributed by atoms with Gasteiger partial charge in [-0.3, -0.25) is 24.0 Å². The predicted molar refractivity (Wildman–Crippen MR) is 212 cm³/mol. The molecule has 0 spiro atoms. The van der Waals surface area contributed by atoms with Crippen LogP contribution in [0.5, 0.6) is 5.75 Å². The molecule has 2 atom stereocenters. The molecule has 0 aliphatic carbocycles. The largest absolute Gasteiger partial charge is 0.494 e. The van der Waals surface area contributed by atoms with Gasteiger partial charge in [-0.1, -0.05) is 18.0 Å². The Hall–Kier alpha value is -5.52. The number of H-pyrrole nitrogens is 1. The van der Waals surface area contributed by atoms with Crippen LogP contribution >= 0.6 is 12.0 Å². The molecule has 0 radical (unpaired) electrons. The number of ether oxygens (including phenoxy) is 1. The molecule has 4 rings (SSSR count). The van der Waals surface area contributed by atoms with Crippen LogP contribution in [0, 0.1) is 19.8 Å². The molecule has 0 aliphatic heterocycles. The number of carboxylic acid groups (broad SMARTS) is 1. The quantitative estimate of drug-likeness (QED) is 0.0229. The van der Waals surface area contributed by atoms with E-state index < -0.39 is 45.8 Å². The Morgan fingerprint density at radius 2 is 1.78 bits per heavy atom. The van der Waals surface area contributed by atoms with Crippen LogP contribution in [0.1, 0.15) is 46.8 Å². The fraction of sp³-hybridized carbons (Fsp3) is 0.389. The number of anilines is 1. The van der Waals surface area contributed by atoms with Gasteiger partial charge in [-0.15, -0.1) is 4.33 Å². The number of nitrogens with one attached hydrogen (secondary N) is 6. The number of fused-ring (bicyclic) bond motifs is 1. The number of aliphatic carboxylic acids is 1. The molecule has 22 heteroatoms. The summed E-state index contributed by atoms with van der Waals surface area (Å²) >= 11 is 0.767. The van der Waals surface area contributed by atoms with Gasteiger partial charge in [0.15, 0.2) is 5.95 Å². The first kappa shape index (κ1) is 45.2. The Bertz CT molecular complexity index is 2230. The summed E-state index contributed by atoms with van der Waals surface area (Å²) < 4.78 is 40.7. The van der Waals surface area contributed by atoms with Crippen LogP contribution in [0.2, 0.25) is 0 Å². The summed E-state index contributed by atoms with van der Waals surface area (Å²) in [5.41, 5.74) is 1.10. The molecule has 0 fully saturated rings. The number of hydrogen-bond acceptors (Lipinski definition) is 14. The maximum absolute atomic E-state index is 13.5. The standard InChI is InChI=1S/C36H46N8O12S2/c1-21-14-25(54-13-5-6-30(45)37-9-10-38-33(47)23(3)20-57-56-55-51)15-22(2)32(21)58(52,53)43-28(35(49)50)18-41-34(48)27-19-44(4)29-16-24(7-8-26(29)31(27)46)17-42-36-39-11-12-40-36/h7-8,11-12,14-16,19,23,28,43,51H,5-6,9-10,13,17-18,20H2,1-4H3,(H,37,45)(H,38,47)(H,41,48)(H,49,50)(H2,39,40,42)/t23-,28-/m0/s1. The van der Waals surface area contributed by atoms with Gasteiger partial charge in [-0.25, -0.2) is 18.7 Å². The molecule has 2 heterocycles. The van der Waals surface area contributed by atoms with Crippen molar-refractivity contribution in [1.82, 2.24) is 35.2 Å². The first-order chi connectivity index (χ1) is 27.6. The Morgan fingerprint density at radius 3 is 2.45 bits per heavy atom. The highest BCUT2D eigenvalue weighted by molar-refractivity contribution is 7.94. The van der Waals surface area contributed by atoms with E-state index in [2.05, 4.69) is 45.3 Å². The van der Waals surface area contributed by atoms with Crippen molar-refractivity contribution in [2.45, 2.75) is 51.1 Å². The number of amides is 3. The molecular formula is C36H46N8O12S2. The predicted octanol–water partition coefficient (Wildman–Crippen LogP) is 1.75. The van der Waals surface area contributed by atoms with Crippen molar-refractivity contribution < 1.29 is 52.1 Å². The van der Waals surface area contributed by atoms with E-state index in [0.29, 0.717) is 30.2 Å². The van der Waals surface area contributed by atoms with Crippen LogP contribution in [0.25, 0.3) is 10.9 Å². The van der Waals surface area contributed by atoms with Crippen molar-refractivity contribution in [2.24, 2.45) is 13.0 Å². The van der Waals surface area contributed by atoms with Gasteiger partial charge in [-0.05, 0) is 61.2 Å². The average Bonchev–Trinajstić information content (AvgIpc) is 3.70. The summed E-state index contributed by atoms with van der Waals surface area (Å²) in [5, 5.41) is 32.6. The highest BCUT2D eigenvalue weighted by Crippen LogP contribution is 2.26. The number of hydrogen-bond donors (Lipinski definition) is 8. The normalized spacial score (nSPS) is 12.4. The first-order valence-corrected chi connectivity index (χ1v) is 20.3. The van der Waals surface area contributed by atoms with Crippen molar-refractivity contribution in [3.05, 3.63) is 81.4 Å². The maximum Gasteiger partial charge on any atom is 0.323 e. The van der Waals surface area contributed by atoms with E-state index in [4.69, 9.17) is 9.99 Å². The molecule has 20 nitrogen and oxygen atoms in total. The number of aromatic amines is 1. The van der Waals surface area contributed by atoms with Gasteiger partial charge in [-0.2, -0.15) is 4.72 Å². The van der Waals surface area contributed by atoms with E-state index in [0.717, 1.165) is 17.6 Å². The smallest absolute Gasteiger partial charge is 0.323 e. The number of imidazole rings is 1. The Kier molecular flexibility index (Phi) is 16.6. The number of carbonyl (C=O) groups excluding carboxylic acids is 3. The number of benzene rings is 2. The summed E-state index contributed by atoms with van der Waals surface area (Å²) in [5.74, 6) is -2.23. The summed E-state index contributed by atoms with van der Waals surface area (Å²) in [6.45, 7) is 4.99. The highest BCUT2D eigenvalue weighted by atomic mass is 32.2. The van der Waals surface area contributed by atoms with Crippen molar-refractivity contribution in [3.8, 4) is 5.75 Å². The lowest BCUT2D eigenvalue weighted by Crippen LogP contribution is -2.49. The van der Waals surface area contributed by atoms with Gasteiger partial charge in [0.1, 0.15) is 17.4 Å². The van der Waals surface area contributed by atoms with Crippen LogP contribution in [0.3, 0.4) is 0 Å². The zero-order chi connectivity index (χ0) is 42.4. The molecule has 0 saturated carbocycles. The number of aryl methyl sites for hydroxylation is 3. The molecule has 3 amide bonds. The molecule has 2 aromatic carbocycles. The molecule has 0 unspecified atom stereocenters. The molecule has 0 bridgehead atoms. The number of pyridine rings is 1. The maximum atomic E-state index is 13.5.